The zero-order valence-corrected chi connectivity index (χ0v) is 13.1. The maximum absolute atomic E-state index is 4.62. The van der Waals surface area contributed by atoms with Crippen molar-refractivity contribution in [3.8, 4) is 0 Å². The first kappa shape index (κ1) is 14.3. The molecule has 0 atom stereocenters. The predicted molar refractivity (Wildman–Crippen MR) is 89.9 cm³/mol. The van der Waals surface area contributed by atoms with E-state index in [2.05, 4.69) is 53.3 Å². The van der Waals surface area contributed by atoms with Crippen molar-refractivity contribution in [1.82, 2.24) is 10.3 Å². The Morgan fingerprint density at radius 2 is 2.05 bits per heavy atom. The molecule has 0 unspecified atom stereocenters. The molecule has 2 heterocycles. The number of anilines is 1. The molecular weight excluding hydrogens is 258 g/mol. The lowest BCUT2D eigenvalue weighted by molar-refractivity contribution is 0.321. The van der Waals surface area contributed by atoms with Crippen molar-refractivity contribution < 1.29 is 0 Å². The van der Waals surface area contributed by atoms with Crippen LogP contribution >= 0.6 is 0 Å². The molecule has 1 aliphatic heterocycles. The number of fused-ring (bicyclic) bond motifs is 1. The Morgan fingerprint density at radius 3 is 2.86 bits per heavy atom. The number of pyridine rings is 1. The molecule has 0 aliphatic carbocycles. The Balaban J connectivity index is 1.92. The van der Waals surface area contributed by atoms with Crippen molar-refractivity contribution in [3.63, 3.8) is 0 Å². The third-order valence-corrected chi connectivity index (χ3v) is 4.89. The van der Waals surface area contributed by atoms with Gasteiger partial charge >= 0.3 is 0 Å². The van der Waals surface area contributed by atoms with Crippen LogP contribution in [0.3, 0.4) is 0 Å². The molecule has 2 aromatic rings. The number of hydrogen-bond acceptors (Lipinski definition) is 3. The van der Waals surface area contributed by atoms with E-state index in [-0.39, 0.29) is 5.54 Å². The molecule has 1 saturated heterocycles. The monoisotopic (exact) mass is 283 g/mol. The van der Waals surface area contributed by atoms with Crippen molar-refractivity contribution in [2.75, 3.05) is 24.5 Å². The molecule has 3 nitrogen and oxygen atoms in total. The van der Waals surface area contributed by atoms with Gasteiger partial charge in [-0.3, -0.25) is 4.98 Å². The van der Waals surface area contributed by atoms with Crippen LogP contribution < -0.4 is 10.2 Å². The van der Waals surface area contributed by atoms with Gasteiger partial charge in [-0.15, -0.1) is 0 Å². The van der Waals surface area contributed by atoms with Gasteiger partial charge in [-0.2, -0.15) is 0 Å². The third kappa shape index (κ3) is 2.88. The molecule has 1 aromatic carbocycles. The fourth-order valence-corrected chi connectivity index (χ4v) is 3.30. The van der Waals surface area contributed by atoms with E-state index in [4.69, 9.17) is 0 Å². The van der Waals surface area contributed by atoms with Crippen LogP contribution in [0.2, 0.25) is 0 Å². The maximum atomic E-state index is 4.62. The highest BCUT2D eigenvalue weighted by atomic mass is 15.2. The summed E-state index contributed by atoms with van der Waals surface area (Å²) in [5, 5.41) is 5.00. The largest absolute Gasteiger partial charge is 0.368 e. The molecular formula is C18H25N3. The Hall–Kier alpha value is -1.61. The van der Waals surface area contributed by atoms with Gasteiger partial charge in [0.05, 0.1) is 17.4 Å². The van der Waals surface area contributed by atoms with Gasteiger partial charge in [0.25, 0.3) is 0 Å². The third-order valence-electron chi connectivity index (χ3n) is 4.89. The summed E-state index contributed by atoms with van der Waals surface area (Å²) >= 11 is 0. The summed E-state index contributed by atoms with van der Waals surface area (Å²) in [6.45, 7) is 7.87. The van der Waals surface area contributed by atoms with Crippen LogP contribution in [0.1, 0.15) is 33.1 Å². The highest BCUT2D eigenvalue weighted by Crippen LogP contribution is 2.26. The zero-order valence-electron chi connectivity index (χ0n) is 13.1. The molecule has 1 fully saturated rings. The van der Waals surface area contributed by atoms with Crippen molar-refractivity contribution >= 4 is 16.6 Å². The van der Waals surface area contributed by atoms with Gasteiger partial charge in [-0.25, -0.2) is 0 Å². The fraction of sp³-hybridized carbons (Fsp3) is 0.500. The summed E-state index contributed by atoms with van der Waals surface area (Å²) in [6, 6.07) is 10.6. The second kappa shape index (κ2) is 6.02. The second-order valence-corrected chi connectivity index (χ2v) is 6.08. The second-order valence-electron chi connectivity index (χ2n) is 6.08. The molecule has 1 aromatic heterocycles. The van der Waals surface area contributed by atoms with E-state index in [0.29, 0.717) is 0 Å². The molecule has 0 amide bonds. The van der Waals surface area contributed by atoms with Crippen molar-refractivity contribution in [2.24, 2.45) is 0 Å². The first-order valence-corrected chi connectivity index (χ1v) is 8.11. The molecule has 1 N–H and O–H groups in total. The fourth-order valence-electron chi connectivity index (χ4n) is 3.30. The SMILES string of the molecule is CCC1(CC)CN(c2cnc3ccccc3c2)CCCN1. The van der Waals surface area contributed by atoms with Gasteiger partial charge in [0, 0.05) is 24.0 Å². The number of aromatic nitrogens is 1. The summed E-state index contributed by atoms with van der Waals surface area (Å²) < 4.78 is 0. The lowest BCUT2D eigenvalue weighted by Gasteiger charge is -2.36. The predicted octanol–water partition coefficient (Wildman–Crippen LogP) is 3.59. The van der Waals surface area contributed by atoms with E-state index >= 15 is 0 Å². The topological polar surface area (TPSA) is 28.2 Å². The average Bonchev–Trinajstić information content (AvgIpc) is 2.77. The maximum Gasteiger partial charge on any atom is 0.0703 e. The summed E-state index contributed by atoms with van der Waals surface area (Å²) in [5.41, 5.74) is 2.57. The Kier molecular flexibility index (Phi) is 4.11. The normalized spacial score (nSPS) is 18.7. The Morgan fingerprint density at radius 1 is 1.24 bits per heavy atom. The number of benzene rings is 1. The number of nitrogens with one attached hydrogen (secondary N) is 1. The molecule has 112 valence electrons. The molecule has 3 heteroatoms. The first-order chi connectivity index (χ1) is 10.3. The van der Waals surface area contributed by atoms with E-state index in [9.17, 15) is 0 Å². The van der Waals surface area contributed by atoms with Gasteiger partial charge in [0.2, 0.25) is 0 Å². The number of para-hydroxylation sites is 1. The van der Waals surface area contributed by atoms with Crippen LogP contribution in [0, 0.1) is 0 Å². The Labute approximate surface area is 127 Å². The quantitative estimate of drug-likeness (QED) is 0.933. The van der Waals surface area contributed by atoms with Crippen molar-refractivity contribution in [3.05, 3.63) is 36.5 Å². The molecule has 0 bridgehead atoms. The van der Waals surface area contributed by atoms with E-state index in [1.807, 2.05) is 12.3 Å². The summed E-state index contributed by atoms with van der Waals surface area (Å²) in [6.07, 6.45) is 5.56. The molecule has 3 rings (SSSR count). The summed E-state index contributed by atoms with van der Waals surface area (Å²) in [4.78, 5) is 7.13. The van der Waals surface area contributed by atoms with E-state index < -0.39 is 0 Å². The molecule has 0 spiro atoms. The van der Waals surface area contributed by atoms with Crippen LogP contribution in [0.5, 0.6) is 0 Å². The van der Waals surface area contributed by atoms with E-state index in [0.717, 1.165) is 25.2 Å². The van der Waals surface area contributed by atoms with Crippen LogP contribution in [0.15, 0.2) is 36.5 Å². The van der Waals surface area contributed by atoms with Crippen molar-refractivity contribution in [2.45, 2.75) is 38.6 Å². The zero-order chi connectivity index (χ0) is 14.7. The molecule has 21 heavy (non-hydrogen) atoms. The lowest BCUT2D eigenvalue weighted by atomic mass is 9.92. The van der Waals surface area contributed by atoms with Crippen LogP contribution in [-0.2, 0) is 0 Å². The van der Waals surface area contributed by atoms with Crippen molar-refractivity contribution in [1.29, 1.82) is 0 Å². The molecule has 0 saturated carbocycles. The van der Waals surface area contributed by atoms with Crippen LogP contribution in [0.25, 0.3) is 10.9 Å². The van der Waals surface area contributed by atoms with Gasteiger partial charge < -0.3 is 10.2 Å². The summed E-state index contributed by atoms with van der Waals surface area (Å²) in [5.74, 6) is 0. The standard InChI is InChI=1S/C18H25N3/c1-3-18(4-2)14-21(11-7-10-20-18)16-12-15-8-5-6-9-17(15)19-13-16/h5-6,8-9,12-13,20H,3-4,7,10-11,14H2,1-2H3. The number of hydrogen-bond donors (Lipinski definition) is 1. The van der Waals surface area contributed by atoms with E-state index in [1.165, 1.54) is 30.3 Å². The molecule has 0 radical (unpaired) electrons. The number of rotatable bonds is 3. The van der Waals surface area contributed by atoms with Gasteiger partial charge in [0.15, 0.2) is 0 Å². The van der Waals surface area contributed by atoms with Gasteiger partial charge in [-0.1, -0.05) is 32.0 Å². The van der Waals surface area contributed by atoms with Crippen LogP contribution in [-0.4, -0.2) is 30.2 Å². The lowest BCUT2D eigenvalue weighted by Crippen LogP contribution is -2.50. The minimum absolute atomic E-state index is 0.238. The summed E-state index contributed by atoms with van der Waals surface area (Å²) in [7, 11) is 0. The van der Waals surface area contributed by atoms with Gasteiger partial charge in [-0.05, 0) is 37.9 Å². The minimum atomic E-state index is 0.238. The van der Waals surface area contributed by atoms with E-state index in [1.54, 1.807) is 0 Å². The minimum Gasteiger partial charge on any atom is -0.368 e. The highest BCUT2D eigenvalue weighted by Gasteiger charge is 2.30. The van der Waals surface area contributed by atoms with Gasteiger partial charge in [0.1, 0.15) is 0 Å². The highest BCUT2D eigenvalue weighted by molar-refractivity contribution is 5.81. The van der Waals surface area contributed by atoms with Crippen LogP contribution in [0.4, 0.5) is 5.69 Å². The average molecular weight is 283 g/mol. The number of nitrogens with zero attached hydrogens (tertiary/aromatic N) is 2. The first-order valence-electron chi connectivity index (χ1n) is 8.11. The Bertz CT molecular complexity index is 604. The smallest absolute Gasteiger partial charge is 0.0703 e. The molecule has 1 aliphatic rings.